The molecule has 100 valence electrons. The Bertz CT molecular complexity index is 236. The smallest absolute Gasteiger partial charge is 0.309 e. The van der Waals surface area contributed by atoms with E-state index in [1.807, 2.05) is 6.92 Å². The van der Waals surface area contributed by atoms with Gasteiger partial charge in [-0.25, -0.2) is 0 Å². The van der Waals surface area contributed by atoms with Crippen LogP contribution >= 0.6 is 0 Å². The van der Waals surface area contributed by atoms with Crippen molar-refractivity contribution < 1.29 is 14.6 Å². The van der Waals surface area contributed by atoms with Crippen molar-refractivity contribution in [3.05, 3.63) is 0 Å². The molecule has 0 aromatic rings. The topological polar surface area (TPSA) is 98.6 Å². The number of ether oxygens (including phenoxy) is 1. The van der Waals surface area contributed by atoms with Gasteiger partial charge in [0.15, 0.2) is 0 Å². The summed E-state index contributed by atoms with van der Waals surface area (Å²) in [6, 6.07) is 0.617. The first-order valence-electron chi connectivity index (χ1n) is 6.35. The van der Waals surface area contributed by atoms with Crippen LogP contribution in [0.1, 0.15) is 32.6 Å². The Morgan fingerprint density at radius 1 is 1.24 bits per heavy atom. The van der Waals surface area contributed by atoms with E-state index in [2.05, 4.69) is 0 Å². The van der Waals surface area contributed by atoms with Crippen molar-refractivity contribution in [1.82, 2.24) is 0 Å². The molecule has 0 bridgehead atoms. The summed E-state index contributed by atoms with van der Waals surface area (Å²) in [7, 11) is 0. The fourth-order valence-corrected chi connectivity index (χ4v) is 2.05. The van der Waals surface area contributed by atoms with Gasteiger partial charge < -0.3 is 21.3 Å². The quantitative estimate of drug-likeness (QED) is 0.607. The van der Waals surface area contributed by atoms with Crippen LogP contribution in [0.15, 0.2) is 0 Å². The van der Waals surface area contributed by atoms with Gasteiger partial charge in [-0.05, 0) is 38.5 Å². The molecule has 17 heavy (non-hydrogen) atoms. The van der Waals surface area contributed by atoms with Crippen LogP contribution in [-0.2, 0) is 9.53 Å². The lowest BCUT2D eigenvalue weighted by Gasteiger charge is -2.30. The lowest BCUT2D eigenvalue weighted by atomic mass is 9.81. The Kier molecular flexibility index (Phi) is 5.88. The Morgan fingerprint density at radius 2 is 1.76 bits per heavy atom. The summed E-state index contributed by atoms with van der Waals surface area (Å²) < 4.78 is 4.80. The second-order valence-electron chi connectivity index (χ2n) is 4.96. The lowest BCUT2D eigenvalue weighted by Crippen LogP contribution is -2.41. The molecule has 2 rings (SSSR count). The van der Waals surface area contributed by atoms with Crippen LogP contribution in [0.3, 0.4) is 0 Å². The molecule has 5 heteroatoms. The number of esters is 1. The fourth-order valence-electron chi connectivity index (χ4n) is 2.05. The summed E-state index contributed by atoms with van der Waals surface area (Å²) in [4.78, 5) is 10.9. The van der Waals surface area contributed by atoms with E-state index in [0.29, 0.717) is 25.2 Å². The van der Waals surface area contributed by atoms with E-state index in [1.165, 1.54) is 0 Å². The standard InChI is InChI=1S/C7H13NO2.C5H11NO/c1-2-10-7(9)5-3-6(8)4-5;6-5-1-4(2-5)3-7/h5-6H,2-4,8H2,1H3;4-5,7H,1-3,6H2. The van der Waals surface area contributed by atoms with E-state index >= 15 is 0 Å². The molecule has 0 heterocycles. The summed E-state index contributed by atoms with van der Waals surface area (Å²) in [6.45, 7) is 2.62. The highest BCUT2D eigenvalue weighted by atomic mass is 16.5. The molecule has 0 radical (unpaired) electrons. The van der Waals surface area contributed by atoms with E-state index in [1.54, 1.807) is 0 Å². The van der Waals surface area contributed by atoms with E-state index in [4.69, 9.17) is 21.3 Å². The van der Waals surface area contributed by atoms with Gasteiger partial charge in [-0.2, -0.15) is 0 Å². The maximum Gasteiger partial charge on any atom is 0.309 e. The molecule has 2 aliphatic carbocycles. The van der Waals surface area contributed by atoms with Gasteiger partial charge in [-0.1, -0.05) is 0 Å². The minimum Gasteiger partial charge on any atom is -0.466 e. The molecule has 0 aromatic carbocycles. The van der Waals surface area contributed by atoms with Crippen molar-refractivity contribution in [2.45, 2.75) is 44.7 Å². The fraction of sp³-hybridized carbons (Fsp3) is 0.917. The van der Waals surface area contributed by atoms with Crippen LogP contribution in [0.25, 0.3) is 0 Å². The van der Waals surface area contributed by atoms with Crippen LogP contribution in [0, 0.1) is 11.8 Å². The van der Waals surface area contributed by atoms with Crippen molar-refractivity contribution in [3.8, 4) is 0 Å². The van der Waals surface area contributed by atoms with E-state index < -0.39 is 0 Å². The van der Waals surface area contributed by atoms with Crippen LogP contribution in [0.5, 0.6) is 0 Å². The van der Waals surface area contributed by atoms with Crippen molar-refractivity contribution in [1.29, 1.82) is 0 Å². The van der Waals surface area contributed by atoms with Gasteiger partial charge in [0.2, 0.25) is 0 Å². The van der Waals surface area contributed by atoms with Gasteiger partial charge in [0, 0.05) is 18.7 Å². The maximum atomic E-state index is 10.9. The zero-order valence-corrected chi connectivity index (χ0v) is 10.5. The summed E-state index contributed by atoms with van der Waals surface area (Å²) in [5.41, 5.74) is 10.9. The van der Waals surface area contributed by atoms with Crippen molar-refractivity contribution in [3.63, 3.8) is 0 Å². The molecular formula is C12H24N2O3. The van der Waals surface area contributed by atoms with Crippen molar-refractivity contribution in [2.75, 3.05) is 13.2 Å². The highest BCUT2D eigenvalue weighted by Gasteiger charge is 2.32. The second kappa shape index (κ2) is 6.93. The van der Waals surface area contributed by atoms with E-state index in [0.717, 1.165) is 25.7 Å². The zero-order valence-electron chi connectivity index (χ0n) is 10.5. The molecule has 5 nitrogen and oxygen atoms in total. The number of carbonyl (C=O) groups excluding carboxylic acids is 1. The summed E-state index contributed by atoms with van der Waals surface area (Å²) in [5.74, 6) is 0.536. The average Bonchev–Trinajstić information content (AvgIpc) is 2.21. The minimum atomic E-state index is -0.0794. The highest BCUT2D eigenvalue weighted by molar-refractivity contribution is 5.73. The molecule has 0 amide bonds. The van der Waals surface area contributed by atoms with Gasteiger partial charge in [-0.15, -0.1) is 0 Å². The molecule has 0 aromatic heterocycles. The number of aliphatic hydroxyl groups excluding tert-OH is 1. The van der Waals surface area contributed by atoms with Crippen LogP contribution in [-0.4, -0.2) is 36.4 Å². The number of hydrogen-bond acceptors (Lipinski definition) is 5. The summed E-state index contributed by atoms with van der Waals surface area (Å²) in [6.07, 6.45) is 3.66. The average molecular weight is 244 g/mol. The van der Waals surface area contributed by atoms with Crippen LogP contribution in [0.4, 0.5) is 0 Å². The van der Waals surface area contributed by atoms with E-state index in [9.17, 15) is 4.79 Å². The van der Waals surface area contributed by atoms with Gasteiger partial charge in [0.1, 0.15) is 0 Å². The molecule has 2 saturated carbocycles. The largest absolute Gasteiger partial charge is 0.466 e. The third-order valence-electron chi connectivity index (χ3n) is 3.32. The molecule has 0 atom stereocenters. The first kappa shape index (κ1) is 14.4. The molecule has 2 fully saturated rings. The maximum absolute atomic E-state index is 10.9. The third kappa shape index (κ3) is 4.61. The molecular weight excluding hydrogens is 220 g/mol. The number of hydrogen-bond donors (Lipinski definition) is 3. The lowest BCUT2D eigenvalue weighted by molar-refractivity contribution is -0.151. The molecule has 0 spiro atoms. The predicted molar refractivity (Wildman–Crippen MR) is 65.1 cm³/mol. The number of aliphatic hydroxyl groups is 1. The Labute approximate surface area is 102 Å². The van der Waals surface area contributed by atoms with Crippen molar-refractivity contribution >= 4 is 5.97 Å². The number of carbonyl (C=O) groups is 1. The first-order valence-corrected chi connectivity index (χ1v) is 6.35. The minimum absolute atomic E-state index is 0.0794. The molecule has 0 unspecified atom stereocenters. The number of nitrogens with two attached hydrogens (primary N) is 2. The molecule has 5 N–H and O–H groups in total. The third-order valence-corrected chi connectivity index (χ3v) is 3.32. The predicted octanol–water partition coefficient (Wildman–Crippen LogP) is 0.00280. The second-order valence-corrected chi connectivity index (χ2v) is 4.96. The normalized spacial score (nSPS) is 34.8. The highest BCUT2D eigenvalue weighted by Crippen LogP contribution is 2.26. The van der Waals surface area contributed by atoms with Crippen LogP contribution in [0.2, 0.25) is 0 Å². The van der Waals surface area contributed by atoms with Gasteiger partial charge in [0.05, 0.1) is 12.5 Å². The van der Waals surface area contributed by atoms with Crippen LogP contribution < -0.4 is 11.5 Å². The van der Waals surface area contributed by atoms with Gasteiger partial charge >= 0.3 is 5.97 Å². The zero-order chi connectivity index (χ0) is 12.8. The number of rotatable bonds is 3. The summed E-state index contributed by atoms with van der Waals surface area (Å²) >= 11 is 0. The Morgan fingerprint density at radius 3 is 2.06 bits per heavy atom. The molecule has 0 aliphatic heterocycles. The SMILES string of the molecule is CCOC(=O)C1CC(N)C1.NC1CC(CO)C1. The van der Waals surface area contributed by atoms with Crippen molar-refractivity contribution in [2.24, 2.45) is 23.3 Å². The summed E-state index contributed by atoms with van der Waals surface area (Å²) in [5, 5.41) is 8.45. The van der Waals surface area contributed by atoms with Gasteiger partial charge in [-0.3, -0.25) is 4.79 Å². The molecule has 2 aliphatic rings. The first-order chi connectivity index (χ1) is 8.06. The van der Waals surface area contributed by atoms with E-state index in [-0.39, 0.29) is 17.9 Å². The monoisotopic (exact) mass is 244 g/mol. The Balaban J connectivity index is 0.000000181. The molecule has 0 saturated heterocycles. The van der Waals surface area contributed by atoms with Gasteiger partial charge in [0.25, 0.3) is 0 Å². The Hall–Kier alpha value is -0.650.